The lowest BCUT2D eigenvalue weighted by molar-refractivity contribution is -0.130. The van der Waals surface area contributed by atoms with E-state index in [9.17, 15) is 14.4 Å². The van der Waals surface area contributed by atoms with Gasteiger partial charge in [0, 0.05) is 68.4 Å². The molecule has 1 saturated carbocycles. The molecule has 2 atom stereocenters. The molecule has 8 nitrogen and oxygen atoms in total. The summed E-state index contributed by atoms with van der Waals surface area (Å²) < 4.78 is 0. The van der Waals surface area contributed by atoms with Gasteiger partial charge in [-0.05, 0) is 124 Å². The van der Waals surface area contributed by atoms with Gasteiger partial charge >= 0.3 is 0 Å². The van der Waals surface area contributed by atoms with E-state index in [2.05, 4.69) is 86.0 Å². The highest BCUT2D eigenvalue weighted by Gasteiger charge is 2.39. The Kier molecular flexibility index (Phi) is 11.5. The Morgan fingerprint density at radius 2 is 0.773 bits per heavy atom. The van der Waals surface area contributed by atoms with Crippen molar-refractivity contribution in [3.8, 4) is 33.8 Å². The molecule has 1 aliphatic rings. The Labute approximate surface area is 384 Å². The quantitative estimate of drug-likeness (QED) is 0.142. The number of carbonyl (C=O) groups excluding carboxylic acids is 3. The molecule has 3 aromatic heterocycles. The average molecular weight is 864 g/mol. The van der Waals surface area contributed by atoms with Crippen LogP contribution in [0.2, 0.25) is 0 Å². The minimum absolute atomic E-state index is 0.0158. The molecule has 0 radical (unpaired) electrons. The number of hydrogen-bond acceptors (Lipinski definition) is 6. The number of benzene rings is 6. The molecule has 2 N–H and O–H groups in total. The van der Waals surface area contributed by atoms with Crippen LogP contribution in [-0.2, 0) is 20.8 Å². The monoisotopic (exact) mass is 863 g/mol. The number of anilines is 2. The van der Waals surface area contributed by atoms with Crippen LogP contribution >= 0.6 is 0 Å². The van der Waals surface area contributed by atoms with Gasteiger partial charge < -0.3 is 10.6 Å². The lowest BCUT2D eigenvalue weighted by Crippen LogP contribution is -2.39. The highest BCUT2D eigenvalue weighted by atomic mass is 16.2. The van der Waals surface area contributed by atoms with E-state index < -0.39 is 17.8 Å². The SMILES string of the molecule is Cc1ccc2nc(-c3ccc(CC(=O)C4CC(C(=O)Nc5ccc(-c6ccc7cc(C)ccc7n6)cc5)CC(C(=O)Nc5ccc(-c6ccc7cc(C)ccc7n6)cc5)C4)cc3)ccc2c1. The van der Waals surface area contributed by atoms with Gasteiger partial charge in [0.05, 0.1) is 33.6 Å². The van der Waals surface area contributed by atoms with Gasteiger partial charge in [0.2, 0.25) is 11.8 Å². The standard InChI is InChI=1S/C58H49N5O3/c1-35-4-22-53-42(28-35)15-25-50(61-53)39-9-7-38(8-10-39)31-56(64)45-32-46(57(65)59-48-18-11-40(12-19-48)51-26-16-43-29-36(2)5-23-54(43)62-51)34-47(33-45)58(66)60-49-20-13-41(14-21-49)52-27-17-44-30-37(3)6-24-55(44)63-52/h4-30,45-47H,31-34H2,1-3H3,(H,59,65)(H,60,66). The third-order valence-corrected chi connectivity index (χ3v) is 13.0. The summed E-state index contributed by atoms with van der Waals surface area (Å²) in [5, 5.41) is 9.47. The van der Waals surface area contributed by atoms with Gasteiger partial charge in [0.15, 0.2) is 0 Å². The first-order chi connectivity index (χ1) is 32.1. The maximum atomic E-state index is 14.2. The van der Waals surface area contributed by atoms with Crippen LogP contribution in [0.1, 0.15) is 41.5 Å². The maximum absolute atomic E-state index is 14.2. The van der Waals surface area contributed by atoms with E-state index in [1.165, 1.54) is 16.7 Å². The van der Waals surface area contributed by atoms with Crippen molar-refractivity contribution >= 4 is 61.7 Å². The first kappa shape index (κ1) is 42.1. The predicted octanol–water partition coefficient (Wildman–Crippen LogP) is 12.7. The summed E-state index contributed by atoms with van der Waals surface area (Å²) >= 11 is 0. The fourth-order valence-corrected chi connectivity index (χ4v) is 9.30. The van der Waals surface area contributed by atoms with Crippen molar-refractivity contribution in [3.05, 3.63) is 186 Å². The van der Waals surface area contributed by atoms with E-state index in [1.54, 1.807) is 0 Å². The van der Waals surface area contributed by atoms with E-state index in [4.69, 9.17) is 15.0 Å². The average Bonchev–Trinajstić information content (AvgIpc) is 3.34. The molecule has 0 bridgehead atoms. The largest absolute Gasteiger partial charge is 0.326 e. The van der Waals surface area contributed by atoms with Gasteiger partial charge in [0.25, 0.3) is 0 Å². The molecule has 0 saturated heterocycles. The van der Waals surface area contributed by atoms with Crippen molar-refractivity contribution in [2.24, 2.45) is 17.8 Å². The molecule has 1 aliphatic carbocycles. The zero-order valence-corrected chi connectivity index (χ0v) is 37.2. The van der Waals surface area contributed by atoms with Crippen molar-refractivity contribution in [1.29, 1.82) is 0 Å². The second-order valence-corrected chi connectivity index (χ2v) is 17.9. The van der Waals surface area contributed by atoms with Crippen LogP contribution in [-0.4, -0.2) is 32.5 Å². The zero-order chi connectivity index (χ0) is 45.3. The minimum atomic E-state index is -0.552. The number of aromatic nitrogens is 3. The molecule has 0 spiro atoms. The highest BCUT2D eigenvalue weighted by Crippen LogP contribution is 2.37. The molecule has 10 rings (SSSR count). The second-order valence-electron chi connectivity index (χ2n) is 17.9. The molecular weight excluding hydrogens is 815 g/mol. The minimum Gasteiger partial charge on any atom is -0.326 e. The topological polar surface area (TPSA) is 114 Å². The van der Waals surface area contributed by atoms with Gasteiger partial charge in [0.1, 0.15) is 5.78 Å². The van der Waals surface area contributed by atoms with Gasteiger partial charge in [-0.1, -0.05) is 102 Å². The van der Waals surface area contributed by atoms with E-state index >= 15 is 0 Å². The molecule has 1 fully saturated rings. The molecule has 0 aliphatic heterocycles. The normalized spacial score (nSPS) is 16.0. The van der Waals surface area contributed by atoms with Crippen LogP contribution < -0.4 is 10.6 Å². The summed E-state index contributed by atoms with van der Waals surface area (Å²) in [5.74, 6) is -1.98. The van der Waals surface area contributed by atoms with Gasteiger partial charge in [-0.25, -0.2) is 15.0 Å². The predicted molar refractivity (Wildman–Crippen MR) is 266 cm³/mol. The van der Waals surface area contributed by atoms with Crippen molar-refractivity contribution in [1.82, 2.24) is 15.0 Å². The molecule has 8 heteroatoms. The van der Waals surface area contributed by atoms with Crippen LogP contribution in [0.15, 0.2) is 164 Å². The van der Waals surface area contributed by atoms with Crippen molar-refractivity contribution < 1.29 is 14.4 Å². The lowest BCUT2D eigenvalue weighted by atomic mass is 9.72. The number of ketones is 1. The summed E-state index contributed by atoms with van der Waals surface area (Å²) in [6.07, 6.45) is 1.24. The number of rotatable bonds is 10. The molecule has 66 heavy (non-hydrogen) atoms. The number of pyridine rings is 3. The van der Waals surface area contributed by atoms with Crippen LogP contribution in [0.3, 0.4) is 0 Å². The van der Waals surface area contributed by atoms with Crippen LogP contribution in [0.4, 0.5) is 11.4 Å². The Morgan fingerprint density at radius 1 is 0.424 bits per heavy atom. The highest BCUT2D eigenvalue weighted by molar-refractivity contribution is 5.97. The van der Waals surface area contributed by atoms with E-state index in [-0.39, 0.29) is 24.0 Å². The molecule has 3 heterocycles. The Balaban J connectivity index is 0.849. The van der Waals surface area contributed by atoms with Crippen LogP contribution in [0.25, 0.3) is 66.5 Å². The number of hydrogen-bond donors (Lipinski definition) is 2. The zero-order valence-electron chi connectivity index (χ0n) is 37.2. The number of nitrogens with zero attached hydrogens (tertiary/aromatic N) is 3. The lowest BCUT2D eigenvalue weighted by Gasteiger charge is -2.33. The number of carbonyl (C=O) groups is 3. The Hall–Kier alpha value is -7.84. The van der Waals surface area contributed by atoms with E-state index in [0.717, 1.165) is 72.0 Å². The maximum Gasteiger partial charge on any atom is 0.227 e. The molecule has 9 aromatic rings. The van der Waals surface area contributed by atoms with Crippen molar-refractivity contribution in [3.63, 3.8) is 0 Å². The summed E-state index contributed by atoms with van der Waals surface area (Å²) in [6.45, 7) is 6.21. The van der Waals surface area contributed by atoms with Gasteiger partial charge in [-0.3, -0.25) is 14.4 Å². The van der Waals surface area contributed by atoms with E-state index in [0.29, 0.717) is 30.6 Å². The summed E-state index contributed by atoms with van der Waals surface area (Å²) in [6, 6.07) is 54.2. The molecule has 324 valence electrons. The van der Waals surface area contributed by atoms with Crippen molar-refractivity contribution in [2.75, 3.05) is 10.6 Å². The summed E-state index contributed by atoms with van der Waals surface area (Å²) in [4.78, 5) is 57.0. The first-order valence-corrected chi connectivity index (χ1v) is 22.6. The third kappa shape index (κ3) is 9.22. The number of aryl methyl sites for hydroxylation is 3. The fourth-order valence-electron chi connectivity index (χ4n) is 9.30. The number of fused-ring (bicyclic) bond motifs is 3. The number of Topliss-reactive ketones (excluding diaryl/α,β-unsaturated/α-hetero) is 1. The number of nitrogens with one attached hydrogen (secondary N) is 2. The Bertz CT molecular complexity index is 2950. The summed E-state index contributed by atoms with van der Waals surface area (Å²) in [7, 11) is 0. The molecule has 2 unspecified atom stereocenters. The van der Waals surface area contributed by atoms with Crippen LogP contribution in [0.5, 0.6) is 0 Å². The van der Waals surface area contributed by atoms with Gasteiger partial charge in [-0.15, -0.1) is 0 Å². The van der Waals surface area contributed by atoms with Gasteiger partial charge in [-0.2, -0.15) is 0 Å². The number of amides is 2. The van der Waals surface area contributed by atoms with E-state index in [1.807, 2.05) is 109 Å². The fraction of sp³-hybridized carbons (Fsp3) is 0.172. The molecule has 2 amide bonds. The Morgan fingerprint density at radius 3 is 1.15 bits per heavy atom. The summed E-state index contributed by atoms with van der Waals surface area (Å²) in [5.41, 5.74) is 13.9. The smallest absolute Gasteiger partial charge is 0.227 e. The van der Waals surface area contributed by atoms with Crippen LogP contribution in [0, 0.1) is 38.5 Å². The van der Waals surface area contributed by atoms with Crippen molar-refractivity contribution in [2.45, 2.75) is 46.5 Å². The first-order valence-electron chi connectivity index (χ1n) is 22.6. The second kappa shape index (κ2) is 18.0. The third-order valence-electron chi connectivity index (χ3n) is 13.0. The molecule has 6 aromatic carbocycles. The molecular formula is C58H49N5O3.